The predicted molar refractivity (Wildman–Crippen MR) is 319 cm³/mol. The van der Waals surface area contributed by atoms with E-state index >= 15 is 0 Å². The first-order chi connectivity index (χ1) is 30.4. The molecule has 0 radical (unpaired) electrons. The maximum absolute atomic E-state index is 2.41. The van der Waals surface area contributed by atoms with Gasteiger partial charge >= 0.3 is 0 Å². The molecule has 0 aromatic carbocycles. The zero-order chi connectivity index (χ0) is 54.0. The summed E-state index contributed by atoms with van der Waals surface area (Å²) in [4.78, 5) is 0. The molecule has 0 nitrogen and oxygen atoms in total. The molecule has 0 heteroatoms. The van der Waals surface area contributed by atoms with Crippen LogP contribution in [0.3, 0.4) is 0 Å². The Morgan fingerprint density at radius 2 is 0.761 bits per heavy atom. The average Bonchev–Trinajstić information content (AvgIpc) is 3.16. The van der Waals surface area contributed by atoms with Crippen molar-refractivity contribution in [1.82, 2.24) is 0 Å². The second-order valence-corrected chi connectivity index (χ2v) is 29.4. The lowest BCUT2D eigenvalue weighted by Crippen LogP contribution is -2.26. The van der Waals surface area contributed by atoms with Gasteiger partial charge in [0.2, 0.25) is 0 Å². The molecule has 67 heavy (non-hydrogen) atoms. The minimum absolute atomic E-state index is 0.502. The van der Waals surface area contributed by atoms with Gasteiger partial charge in [0.15, 0.2) is 0 Å². The maximum atomic E-state index is 2.41. The van der Waals surface area contributed by atoms with Gasteiger partial charge in [-0.2, -0.15) is 0 Å². The van der Waals surface area contributed by atoms with Gasteiger partial charge in [0.05, 0.1) is 0 Å². The Bertz CT molecular complexity index is 966. The summed E-state index contributed by atoms with van der Waals surface area (Å²) >= 11 is 0. The molecule has 0 aliphatic heterocycles. The first-order valence-electron chi connectivity index (χ1n) is 30.4. The van der Waals surface area contributed by atoms with Crippen molar-refractivity contribution in [2.75, 3.05) is 0 Å². The molecule has 2 rings (SSSR count). The monoisotopic (exact) mass is 949 g/mol. The summed E-state index contributed by atoms with van der Waals surface area (Å²) in [5, 5.41) is 0. The number of hydrogen-bond acceptors (Lipinski definition) is 0. The van der Waals surface area contributed by atoms with Gasteiger partial charge in [-0.05, 0) is 137 Å². The highest BCUT2D eigenvalue weighted by Gasteiger charge is 2.28. The van der Waals surface area contributed by atoms with Crippen LogP contribution in [0.25, 0.3) is 0 Å². The molecule has 2 saturated carbocycles. The highest BCUT2D eigenvalue weighted by molar-refractivity contribution is 4.79. The van der Waals surface area contributed by atoms with Crippen LogP contribution >= 0.6 is 0 Å². The number of unbranched alkanes of at least 4 members (excludes halogenated alkanes) is 4. The van der Waals surface area contributed by atoms with Crippen LogP contribution in [0.15, 0.2) is 0 Å². The minimum atomic E-state index is 0.502. The van der Waals surface area contributed by atoms with E-state index in [9.17, 15) is 0 Å². The fraction of sp³-hybridized carbons (Fsp3) is 1.00. The topological polar surface area (TPSA) is 0 Å². The Hall–Kier alpha value is 0. The van der Waals surface area contributed by atoms with Crippen molar-refractivity contribution >= 4 is 0 Å². The van der Waals surface area contributed by atoms with Gasteiger partial charge in [0.25, 0.3) is 0 Å². The smallest absolute Gasteiger partial charge is 0.0282 e. The third kappa shape index (κ3) is 49.4. The van der Waals surface area contributed by atoms with Crippen molar-refractivity contribution in [2.45, 2.75) is 343 Å². The Morgan fingerprint density at radius 1 is 0.403 bits per heavy atom. The largest absolute Gasteiger partial charge is 0.0654 e. The fourth-order valence-electron chi connectivity index (χ4n) is 11.4. The third-order valence-electron chi connectivity index (χ3n) is 16.4. The minimum Gasteiger partial charge on any atom is -0.0654 e. The molecule has 0 heterocycles. The van der Waals surface area contributed by atoms with Crippen molar-refractivity contribution in [3.63, 3.8) is 0 Å². The van der Waals surface area contributed by atoms with E-state index in [2.05, 4.69) is 215 Å². The van der Waals surface area contributed by atoms with Crippen LogP contribution in [0.1, 0.15) is 343 Å². The molecule has 0 aromatic heterocycles. The molecule has 2 fully saturated rings. The molecule has 0 bridgehead atoms. The average molecular weight is 950 g/mol. The van der Waals surface area contributed by atoms with E-state index in [1.165, 1.54) is 128 Å². The van der Waals surface area contributed by atoms with Gasteiger partial charge < -0.3 is 0 Å². The van der Waals surface area contributed by atoms with Gasteiger partial charge in [-0.25, -0.2) is 0 Å². The highest BCUT2D eigenvalue weighted by atomic mass is 14.3. The molecule has 2 aliphatic rings. The van der Waals surface area contributed by atoms with Gasteiger partial charge in [0.1, 0.15) is 0 Å². The van der Waals surface area contributed by atoms with Crippen LogP contribution in [0.5, 0.6) is 0 Å². The van der Waals surface area contributed by atoms with E-state index in [1.807, 2.05) is 0 Å². The number of rotatable bonds is 15. The van der Waals surface area contributed by atoms with E-state index in [0.29, 0.717) is 27.1 Å². The van der Waals surface area contributed by atoms with Gasteiger partial charge in [-0.1, -0.05) is 298 Å². The molecular formula is C67H144. The molecule has 6 unspecified atom stereocenters. The quantitative estimate of drug-likeness (QED) is 0.144. The fourth-order valence-corrected chi connectivity index (χ4v) is 11.4. The molecule has 0 saturated heterocycles. The van der Waals surface area contributed by atoms with Crippen LogP contribution < -0.4 is 0 Å². The molecule has 0 N–H and O–H groups in total. The first-order valence-corrected chi connectivity index (χ1v) is 30.4. The summed E-state index contributed by atoms with van der Waals surface area (Å²) in [7, 11) is 0. The van der Waals surface area contributed by atoms with Crippen LogP contribution in [0.2, 0.25) is 0 Å². The Balaban J connectivity index is -0.000000224. The van der Waals surface area contributed by atoms with Crippen LogP contribution in [0.4, 0.5) is 0 Å². The van der Waals surface area contributed by atoms with Crippen LogP contribution in [0, 0.1) is 92.2 Å². The van der Waals surface area contributed by atoms with E-state index in [1.54, 1.807) is 0 Å². The SMILES string of the molecule is CC(C)CC(C)(C)C.CC1CC(C)C(C)C(C)C1.CC1CCC(C)C(C)C1.CCC(CC)(CC)C(C)C.CCC(CC)C(C)CC(C)(C)C.CCCCCC(C)(C)C.CCCCCC(C)(C)C. The summed E-state index contributed by atoms with van der Waals surface area (Å²) in [6.07, 6.45) is 27.7. The summed E-state index contributed by atoms with van der Waals surface area (Å²) < 4.78 is 0. The van der Waals surface area contributed by atoms with Crippen molar-refractivity contribution in [3.05, 3.63) is 0 Å². The molecule has 2 aliphatic carbocycles. The lowest BCUT2D eigenvalue weighted by Gasteiger charge is -2.35. The van der Waals surface area contributed by atoms with Crippen molar-refractivity contribution in [3.8, 4) is 0 Å². The van der Waals surface area contributed by atoms with Crippen molar-refractivity contribution in [2.24, 2.45) is 92.2 Å². The van der Waals surface area contributed by atoms with E-state index in [-0.39, 0.29) is 0 Å². The second kappa shape index (κ2) is 40.5. The number of hydrogen-bond donors (Lipinski definition) is 0. The summed E-state index contributed by atoms with van der Waals surface area (Å²) in [5.41, 5.74) is 2.75. The maximum Gasteiger partial charge on any atom is -0.0282 e. The van der Waals surface area contributed by atoms with Crippen molar-refractivity contribution in [1.29, 1.82) is 0 Å². The van der Waals surface area contributed by atoms with E-state index < -0.39 is 0 Å². The lowest BCUT2D eigenvalue weighted by molar-refractivity contribution is 0.151. The van der Waals surface area contributed by atoms with Gasteiger partial charge in [-0.15, -0.1) is 0 Å². The van der Waals surface area contributed by atoms with E-state index in [4.69, 9.17) is 0 Å². The summed E-state index contributed by atoms with van der Waals surface area (Å²) in [6.45, 7) is 72.2. The summed E-state index contributed by atoms with van der Waals surface area (Å²) in [6, 6.07) is 0. The van der Waals surface area contributed by atoms with E-state index in [0.717, 1.165) is 65.1 Å². The summed E-state index contributed by atoms with van der Waals surface area (Å²) in [5.74, 6) is 10.3. The molecular weight excluding hydrogens is 805 g/mol. The molecule has 0 amide bonds. The molecule has 0 aromatic rings. The predicted octanol–water partition coefficient (Wildman–Crippen LogP) is 25.1. The zero-order valence-electron chi connectivity index (χ0n) is 54.0. The molecule has 0 spiro atoms. The standard InChI is InChI=1S/C12H26.C10H20.C10H22.C9H18.2C9H20.C8H18/c1-7-11(8-2)10(3)9-12(4,5)6;1-7-5-8(2)10(4)9(3)6-7;1-6-10(7-2,8-3)9(4)5;1-7-4-5-8(2)9(3)6-7;2*1-5-6-7-8-9(2,3)4;1-7(2)6-8(3,4)5/h10-11H,7-9H2,1-6H3;7-10H,5-6H2,1-4H3;9H,6-8H2,1-5H3;7-9H,4-6H2,1-3H3;2*5-8H2,1-4H3;7H,6H2,1-5H3. The van der Waals surface area contributed by atoms with Gasteiger partial charge in [-0.3, -0.25) is 0 Å². The third-order valence-corrected chi connectivity index (χ3v) is 16.4. The normalized spacial score (nSPS) is 22.7. The molecule has 412 valence electrons. The highest BCUT2D eigenvalue weighted by Crippen LogP contribution is 2.39. The Morgan fingerprint density at radius 3 is 0.970 bits per heavy atom. The second-order valence-electron chi connectivity index (χ2n) is 29.4. The Kier molecular flexibility index (Phi) is 45.9. The zero-order valence-corrected chi connectivity index (χ0v) is 54.0. The molecule has 6 atom stereocenters. The lowest BCUT2D eigenvalue weighted by atomic mass is 9.71. The van der Waals surface area contributed by atoms with Gasteiger partial charge in [0, 0.05) is 0 Å². The van der Waals surface area contributed by atoms with Crippen LogP contribution in [-0.2, 0) is 0 Å². The Labute approximate surface area is 433 Å². The first kappa shape index (κ1) is 75.9. The van der Waals surface area contributed by atoms with Crippen LogP contribution in [-0.4, -0.2) is 0 Å². The van der Waals surface area contributed by atoms with Crippen molar-refractivity contribution < 1.29 is 0 Å².